The summed E-state index contributed by atoms with van der Waals surface area (Å²) in [5.74, 6) is 0. The summed E-state index contributed by atoms with van der Waals surface area (Å²) in [6.45, 7) is 4.46. The second kappa shape index (κ2) is 4.33. The monoisotopic (exact) mass is 208 g/mol. The van der Waals surface area contributed by atoms with Crippen molar-refractivity contribution in [3.05, 3.63) is 18.0 Å². The maximum atomic E-state index is 4.45. The predicted octanol–water partition coefficient (Wildman–Crippen LogP) is 1.04. The Morgan fingerprint density at radius 2 is 2.40 bits per heavy atom. The number of aromatic nitrogens is 2. The molecule has 1 N–H and O–H groups in total. The first-order chi connectivity index (χ1) is 7.20. The van der Waals surface area contributed by atoms with E-state index in [0.717, 1.165) is 6.54 Å². The van der Waals surface area contributed by atoms with E-state index in [1.807, 2.05) is 13.2 Å². The van der Waals surface area contributed by atoms with E-state index < -0.39 is 0 Å². The summed E-state index contributed by atoms with van der Waals surface area (Å²) in [6, 6.07) is 0.950. The van der Waals surface area contributed by atoms with Crippen LogP contribution in [0.2, 0.25) is 0 Å². The van der Waals surface area contributed by atoms with E-state index in [0.29, 0.717) is 12.1 Å². The van der Waals surface area contributed by atoms with E-state index in [1.54, 1.807) is 0 Å². The summed E-state index contributed by atoms with van der Waals surface area (Å²) in [7, 11) is 4.14. The van der Waals surface area contributed by atoms with Crippen molar-refractivity contribution < 1.29 is 0 Å². The molecule has 0 radical (unpaired) electrons. The molecule has 1 aliphatic heterocycles. The zero-order chi connectivity index (χ0) is 10.8. The molecule has 1 aliphatic rings. The first-order valence-electron chi connectivity index (χ1n) is 5.60. The number of nitrogens with zero attached hydrogens (tertiary/aromatic N) is 3. The van der Waals surface area contributed by atoms with Crippen molar-refractivity contribution in [2.45, 2.75) is 25.4 Å². The molecule has 0 bridgehead atoms. The third-order valence-electron chi connectivity index (χ3n) is 3.30. The molecular weight excluding hydrogens is 188 g/mol. The van der Waals surface area contributed by atoms with Crippen molar-refractivity contribution in [1.82, 2.24) is 20.0 Å². The molecular formula is C11H20N4. The van der Waals surface area contributed by atoms with Gasteiger partial charge in [0.15, 0.2) is 0 Å². The largest absolute Gasteiger partial charge is 0.313 e. The fourth-order valence-corrected chi connectivity index (χ4v) is 2.07. The minimum absolute atomic E-state index is 0.387. The molecule has 15 heavy (non-hydrogen) atoms. The van der Waals surface area contributed by atoms with Crippen LogP contribution >= 0.6 is 0 Å². The molecule has 1 saturated heterocycles. The van der Waals surface area contributed by atoms with E-state index >= 15 is 0 Å². The van der Waals surface area contributed by atoms with Crippen molar-refractivity contribution in [1.29, 1.82) is 0 Å². The van der Waals surface area contributed by atoms with Gasteiger partial charge in [-0.05, 0) is 34.0 Å². The molecule has 1 aromatic rings. The molecule has 1 fully saturated rings. The Kier molecular flexibility index (Phi) is 3.07. The summed E-state index contributed by atoms with van der Waals surface area (Å²) >= 11 is 0. The normalized spacial score (nSPS) is 24.6. The summed E-state index contributed by atoms with van der Waals surface area (Å²) in [5.41, 5.74) is 1.27. The topological polar surface area (TPSA) is 33.1 Å². The van der Waals surface area contributed by atoms with Crippen molar-refractivity contribution in [2.75, 3.05) is 27.2 Å². The van der Waals surface area contributed by atoms with Crippen LogP contribution in [0.4, 0.5) is 0 Å². The van der Waals surface area contributed by atoms with Gasteiger partial charge < -0.3 is 10.2 Å². The average molecular weight is 208 g/mol. The highest BCUT2D eigenvalue weighted by molar-refractivity contribution is 5.09. The van der Waals surface area contributed by atoms with Crippen molar-refractivity contribution in [2.24, 2.45) is 0 Å². The second-order valence-corrected chi connectivity index (χ2v) is 4.47. The molecule has 2 rings (SSSR count). The van der Waals surface area contributed by atoms with Crippen LogP contribution in [0.3, 0.4) is 0 Å². The maximum Gasteiger partial charge on any atom is 0.0658 e. The lowest BCUT2D eigenvalue weighted by atomic mass is 10.2. The number of rotatable bonds is 3. The van der Waals surface area contributed by atoms with Crippen molar-refractivity contribution >= 4 is 0 Å². The van der Waals surface area contributed by atoms with Gasteiger partial charge in [-0.1, -0.05) is 0 Å². The lowest BCUT2D eigenvalue weighted by Crippen LogP contribution is -2.16. The van der Waals surface area contributed by atoms with Gasteiger partial charge in [0.2, 0.25) is 0 Å². The van der Waals surface area contributed by atoms with Gasteiger partial charge >= 0.3 is 0 Å². The molecule has 0 amide bonds. The average Bonchev–Trinajstić information content (AvgIpc) is 2.84. The third-order valence-corrected chi connectivity index (χ3v) is 3.30. The van der Waals surface area contributed by atoms with E-state index in [2.05, 4.69) is 40.2 Å². The molecule has 2 unspecified atom stereocenters. The molecule has 2 heterocycles. The quantitative estimate of drug-likeness (QED) is 0.805. The molecule has 4 heteroatoms. The van der Waals surface area contributed by atoms with Gasteiger partial charge in [-0.3, -0.25) is 4.68 Å². The molecule has 0 aromatic carbocycles. The van der Waals surface area contributed by atoms with E-state index in [1.165, 1.54) is 18.5 Å². The Hall–Kier alpha value is -0.870. The molecule has 0 aliphatic carbocycles. The third kappa shape index (κ3) is 2.21. The number of nitrogens with one attached hydrogen (secondary N) is 1. The van der Waals surface area contributed by atoms with Gasteiger partial charge in [0.25, 0.3) is 0 Å². The maximum absolute atomic E-state index is 4.45. The van der Waals surface area contributed by atoms with Crippen molar-refractivity contribution in [3.8, 4) is 0 Å². The number of likely N-dealkylation sites (tertiary alicyclic amines) is 1. The smallest absolute Gasteiger partial charge is 0.0658 e. The highest BCUT2D eigenvalue weighted by atomic mass is 15.3. The molecule has 0 spiro atoms. The van der Waals surface area contributed by atoms with Crippen molar-refractivity contribution in [3.63, 3.8) is 0 Å². The van der Waals surface area contributed by atoms with Gasteiger partial charge in [-0.25, -0.2) is 0 Å². The van der Waals surface area contributed by atoms with Crippen LogP contribution in [-0.4, -0.2) is 41.9 Å². The van der Waals surface area contributed by atoms with Crippen LogP contribution in [0.5, 0.6) is 0 Å². The van der Waals surface area contributed by atoms with Gasteiger partial charge in [0.1, 0.15) is 0 Å². The van der Waals surface area contributed by atoms with Gasteiger partial charge in [-0.15, -0.1) is 0 Å². The van der Waals surface area contributed by atoms with Gasteiger partial charge in [0.05, 0.1) is 12.2 Å². The van der Waals surface area contributed by atoms with E-state index in [9.17, 15) is 0 Å². The first-order valence-corrected chi connectivity index (χ1v) is 5.60. The van der Waals surface area contributed by atoms with Crippen LogP contribution in [0.1, 0.15) is 31.0 Å². The van der Waals surface area contributed by atoms with Crippen LogP contribution < -0.4 is 5.32 Å². The van der Waals surface area contributed by atoms with Crippen LogP contribution in [-0.2, 0) is 0 Å². The lowest BCUT2D eigenvalue weighted by molar-refractivity contribution is 0.382. The SMILES string of the molecule is CNC(C)c1cnn(C2CCN(C)C2)c1. The Labute approximate surface area is 91.3 Å². The number of hydrogen-bond acceptors (Lipinski definition) is 3. The summed E-state index contributed by atoms with van der Waals surface area (Å²) < 4.78 is 2.12. The fraction of sp³-hybridized carbons (Fsp3) is 0.727. The molecule has 0 saturated carbocycles. The number of likely N-dealkylation sites (N-methyl/N-ethyl adjacent to an activating group) is 1. The fourth-order valence-electron chi connectivity index (χ4n) is 2.07. The minimum atomic E-state index is 0.387. The molecule has 1 aromatic heterocycles. The highest BCUT2D eigenvalue weighted by Crippen LogP contribution is 2.21. The molecule has 4 nitrogen and oxygen atoms in total. The summed E-state index contributed by atoms with van der Waals surface area (Å²) in [4.78, 5) is 2.35. The predicted molar refractivity (Wildman–Crippen MR) is 60.9 cm³/mol. The van der Waals surface area contributed by atoms with Gasteiger partial charge in [-0.2, -0.15) is 5.10 Å². The standard InChI is InChI=1S/C11H20N4/c1-9(12-2)10-6-13-15(7-10)11-4-5-14(3)8-11/h6-7,9,11-12H,4-5,8H2,1-3H3. The summed E-state index contributed by atoms with van der Waals surface area (Å²) in [6.07, 6.45) is 5.36. The molecule has 84 valence electrons. The van der Waals surface area contributed by atoms with E-state index in [-0.39, 0.29) is 0 Å². The van der Waals surface area contributed by atoms with Crippen LogP contribution in [0.15, 0.2) is 12.4 Å². The first kappa shape index (κ1) is 10.6. The van der Waals surface area contributed by atoms with Crippen LogP contribution in [0, 0.1) is 0 Å². The van der Waals surface area contributed by atoms with E-state index in [4.69, 9.17) is 0 Å². The number of hydrogen-bond donors (Lipinski definition) is 1. The zero-order valence-electron chi connectivity index (χ0n) is 9.77. The second-order valence-electron chi connectivity index (χ2n) is 4.47. The Morgan fingerprint density at radius 3 is 3.00 bits per heavy atom. The minimum Gasteiger partial charge on any atom is -0.313 e. The Bertz CT molecular complexity index is 320. The summed E-state index contributed by atoms with van der Waals surface area (Å²) in [5, 5.41) is 7.68. The Morgan fingerprint density at radius 1 is 1.60 bits per heavy atom. The van der Waals surface area contributed by atoms with Crippen LogP contribution in [0.25, 0.3) is 0 Å². The lowest BCUT2D eigenvalue weighted by Gasteiger charge is -2.11. The Balaban J connectivity index is 2.07. The zero-order valence-corrected chi connectivity index (χ0v) is 9.77. The molecule has 2 atom stereocenters. The van der Waals surface area contributed by atoms with Gasteiger partial charge in [0, 0.05) is 24.3 Å². The highest BCUT2D eigenvalue weighted by Gasteiger charge is 2.21.